The van der Waals surface area contributed by atoms with Crippen LogP contribution in [-0.4, -0.2) is 48.5 Å². The van der Waals surface area contributed by atoms with E-state index < -0.39 is 17.5 Å². The topological polar surface area (TPSA) is 87.7 Å². The molecule has 3 rings (SSSR count). The number of nitrogens with zero attached hydrogens (tertiary/aromatic N) is 1. The van der Waals surface area contributed by atoms with Gasteiger partial charge in [-0.05, 0) is 63.1 Å². The van der Waals surface area contributed by atoms with Crippen molar-refractivity contribution in [3.05, 3.63) is 34.9 Å². The molecule has 28 heavy (non-hydrogen) atoms. The SMILES string of the molecule is CC(C)OCCCNC(=O)CN1C(=O)N[C@](C)(c2ccc3c(c2)CCC3)C1=O. The fourth-order valence-electron chi connectivity index (χ4n) is 3.74. The lowest BCUT2D eigenvalue weighted by atomic mass is 9.89. The van der Waals surface area contributed by atoms with E-state index in [1.54, 1.807) is 6.92 Å². The molecule has 0 spiro atoms. The van der Waals surface area contributed by atoms with E-state index in [2.05, 4.69) is 10.6 Å². The van der Waals surface area contributed by atoms with Gasteiger partial charge in [-0.2, -0.15) is 0 Å². The van der Waals surface area contributed by atoms with E-state index in [9.17, 15) is 14.4 Å². The van der Waals surface area contributed by atoms with Gasteiger partial charge in [-0.1, -0.05) is 18.2 Å². The van der Waals surface area contributed by atoms with Gasteiger partial charge in [0.2, 0.25) is 5.91 Å². The van der Waals surface area contributed by atoms with Crippen LogP contribution in [0.5, 0.6) is 0 Å². The lowest BCUT2D eigenvalue weighted by Crippen LogP contribution is -2.43. The van der Waals surface area contributed by atoms with Crippen LogP contribution in [0, 0.1) is 0 Å². The first kappa shape index (κ1) is 20.3. The Kier molecular flexibility index (Phi) is 6.03. The van der Waals surface area contributed by atoms with Crippen molar-refractivity contribution in [2.24, 2.45) is 0 Å². The van der Waals surface area contributed by atoms with E-state index in [4.69, 9.17) is 4.74 Å². The molecule has 1 aliphatic heterocycles. The average molecular weight is 387 g/mol. The van der Waals surface area contributed by atoms with Crippen molar-refractivity contribution in [1.29, 1.82) is 0 Å². The predicted molar refractivity (Wildman–Crippen MR) is 105 cm³/mol. The second kappa shape index (κ2) is 8.31. The number of ether oxygens (including phenoxy) is 1. The summed E-state index contributed by atoms with van der Waals surface area (Å²) in [6, 6.07) is 5.42. The van der Waals surface area contributed by atoms with E-state index in [-0.39, 0.29) is 18.6 Å². The van der Waals surface area contributed by atoms with E-state index in [0.717, 1.165) is 29.7 Å². The van der Waals surface area contributed by atoms with Gasteiger partial charge in [-0.3, -0.25) is 14.5 Å². The number of hydrogen-bond donors (Lipinski definition) is 2. The third kappa shape index (κ3) is 4.19. The minimum Gasteiger partial charge on any atom is -0.379 e. The van der Waals surface area contributed by atoms with Gasteiger partial charge in [0, 0.05) is 13.2 Å². The summed E-state index contributed by atoms with van der Waals surface area (Å²) in [5.74, 6) is -0.750. The molecule has 1 fully saturated rings. The number of hydrogen-bond acceptors (Lipinski definition) is 4. The Morgan fingerprint density at radius 2 is 2.04 bits per heavy atom. The number of urea groups is 1. The monoisotopic (exact) mass is 387 g/mol. The molecule has 2 N–H and O–H groups in total. The zero-order valence-electron chi connectivity index (χ0n) is 16.8. The van der Waals surface area contributed by atoms with Crippen molar-refractivity contribution >= 4 is 17.8 Å². The molecule has 7 nitrogen and oxygen atoms in total. The molecule has 0 unspecified atom stereocenters. The Hall–Kier alpha value is -2.41. The van der Waals surface area contributed by atoms with Gasteiger partial charge in [-0.25, -0.2) is 4.79 Å². The average Bonchev–Trinajstić information content (AvgIpc) is 3.19. The van der Waals surface area contributed by atoms with E-state index in [0.29, 0.717) is 19.6 Å². The van der Waals surface area contributed by atoms with Gasteiger partial charge in [0.25, 0.3) is 5.91 Å². The van der Waals surface area contributed by atoms with Crippen LogP contribution in [0.15, 0.2) is 18.2 Å². The minimum atomic E-state index is -1.14. The van der Waals surface area contributed by atoms with Crippen molar-refractivity contribution in [3.8, 4) is 0 Å². The Morgan fingerprint density at radius 3 is 2.79 bits per heavy atom. The molecular formula is C21H29N3O4. The highest BCUT2D eigenvalue weighted by atomic mass is 16.5. The summed E-state index contributed by atoms with van der Waals surface area (Å²) in [4.78, 5) is 38.5. The van der Waals surface area contributed by atoms with Gasteiger partial charge in [-0.15, -0.1) is 0 Å². The molecule has 0 aromatic heterocycles. The summed E-state index contributed by atoms with van der Waals surface area (Å²) in [6.07, 6.45) is 4.00. The van der Waals surface area contributed by atoms with Gasteiger partial charge in [0.1, 0.15) is 12.1 Å². The second-order valence-corrected chi connectivity index (χ2v) is 7.91. The number of carbonyl (C=O) groups is 3. The summed E-state index contributed by atoms with van der Waals surface area (Å²) in [7, 11) is 0. The molecule has 1 aromatic rings. The Bertz CT molecular complexity index is 777. The molecule has 0 radical (unpaired) electrons. The van der Waals surface area contributed by atoms with E-state index in [1.807, 2.05) is 32.0 Å². The van der Waals surface area contributed by atoms with E-state index >= 15 is 0 Å². The van der Waals surface area contributed by atoms with Crippen LogP contribution in [0.3, 0.4) is 0 Å². The Morgan fingerprint density at radius 1 is 1.29 bits per heavy atom. The molecule has 4 amide bonds. The number of carbonyl (C=O) groups excluding carboxylic acids is 3. The van der Waals surface area contributed by atoms with Crippen LogP contribution in [0.1, 0.15) is 50.3 Å². The summed E-state index contributed by atoms with van der Waals surface area (Å²) in [5, 5.41) is 5.50. The lowest BCUT2D eigenvalue weighted by Gasteiger charge is -2.23. The first-order valence-electron chi connectivity index (χ1n) is 9.96. The molecular weight excluding hydrogens is 358 g/mol. The van der Waals surface area contributed by atoms with Gasteiger partial charge >= 0.3 is 6.03 Å². The lowest BCUT2D eigenvalue weighted by molar-refractivity contribution is -0.134. The second-order valence-electron chi connectivity index (χ2n) is 7.91. The molecule has 1 aromatic carbocycles. The number of benzene rings is 1. The molecule has 7 heteroatoms. The normalized spacial score (nSPS) is 21.2. The zero-order valence-corrected chi connectivity index (χ0v) is 16.8. The van der Waals surface area contributed by atoms with Crippen LogP contribution in [0.4, 0.5) is 4.79 Å². The largest absolute Gasteiger partial charge is 0.379 e. The van der Waals surface area contributed by atoms with Gasteiger partial charge < -0.3 is 15.4 Å². The maximum atomic E-state index is 13.0. The highest BCUT2D eigenvalue weighted by Crippen LogP contribution is 2.32. The van der Waals surface area contributed by atoms with Crippen molar-refractivity contribution < 1.29 is 19.1 Å². The zero-order chi connectivity index (χ0) is 20.3. The number of imide groups is 1. The molecule has 2 aliphatic rings. The van der Waals surface area contributed by atoms with Crippen molar-refractivity contribution in [2.45, 2.75) is 58.1 Å². The van der Waals surface area contributed by atoms with Crippen molar-refractivity contribution in [1.82, 2.24) is 15.5 Å². The van der Waals surface area contributed by atoms with Crippen LogP contribution in [0.25, 0.3) is 0 Å². The highest BCUT2D eigenvalue weighted by Gasteiger charge is 2.49. The third-order valence-electron chi connectivity index (χ3n) is 5.35. The van der Waals surface area contributed by atoms with Crippen LogP contribution in [-0.2, 0) is 32.7 Å². The molecule has 152 valence electrons. The number of fused-ring (bicyclic) bond motifs is 1. The summed E-state index contributed by atoms with van der Waals surface area (Å²) in [5.41, 5.74) is 2.17. The summed E-state index contributed by atoms with van der Waals surface area (Å²) < 4.78 is 5.42. The molecule has 1 aliphatic carbocycles. The maximum absolute atomic E-state index is 13.0. The van der Waals surface area contributed by atoms with E-state index in [1.165, 1.54) is 11.1 Å². The Balaban J connectivity index is 1.59. The summed E-state index contributed by atoms with van der Waals surface area (Å²) in [6.45, 7) is 6.32. The molecule has 1 heterocycles. The maximum Gasteiger partial charge on any atom is 0.325 e. The van der Waals surface area contributed by atoms with Crippen molar-refractivity contribution in [3.63, 3.8) is 0 Å². The van der Waals surface area contributed by atoms with Crippen LogP contribution in [0.2, 0.25) is 0 Å². The summed E-state index contributed by atoms with van der Waals surface area (Å²) >= 11 is 0. The van der Waals surface area contributed by atoms with Crippen molar-refractivity contribution in [2.75, 3.05) is 19.7 Å². The van der Waals surface area contributed by atoms with Crippen LogP contribution >= 0.6 is 0 Å². The molecule has 0 bridgehead atoms. The first-order chi connectivity index (χ1) is 13.3. The predicted octanol–water partition coefficient (Wildman–Crippen LogP) is 1.87. The minimum absolute atomic E-state index is 0.151. The Labute approximate surface area is 165 Å². The fraction of sp³-hybridized carbons (Fsp3) is 0.571. The molecule has 1 saturated heterocycles. The number of aryl methyl sites for hydroxylation is 2. The number of nitrogens with one attached hydrogen (secondary N) is 2. The van der Waals surface area contributed by atoms with Gasteiger partial charge in [0.05, 0.1) is 6.10 Å². The number of rotatable bonds is 8. The standard InChI is InChI=1S/C21H29N3O4/c1-14(2)28-11-5-10-22-18(25)13-24-19(26)21(3,23-20(24)27)17-9-8-15-6-4-7-16(15)12-17/h8-9,12,14H,4-7,10-11,13H2,1-3H3,(H,22,25)(H,23,27)/t21-/m1/s1. The molecule has 0 saturated carbocycles. The first-order valence-corrected chi connectivity index (χ1v) is 9.96. The van der Waals surface area contributed by atoms with Crippen LogP contribution < -0.4 is 10.6 Å². The number of amides is 4. The smallest absolute Gasteiger partial charge is 0.325 e. The quantitative estimate of drug-likeness (QED) is 0.527. The highest BCUT2D eigenvalue weighted by molar-refractivity contribution is 6.09. The van der Waals surface area contributed by atoms with Gasteiger partial charge in [0.15, 0.2) is 0 Å². The molecule has 1 atom stereocenters. The third-order valence-corrected chi connectivity index (χ3v) is 5.35. The fourth-order valence-corrected chi connectivity index (χ4v) is 3.74.